The predicted molar refractivity (Wildman–Crippen MR) is 55.6 cm³/mol. The van der Waals surface area contributed by atoms with Crippen LogP contribution in [0.5, 0.6) is 0 Å². The molecule has 0 aliphatic carbocycles. The van der Waals surface area contributed by atoms with Gasteiger partial charge in [0.25, 0.3) is 0 Å². The standard InChI is InChI=1S/C7H9BO2S2/c1-11-12-7-4-2-6(3-5-7)8(9)10/h2-5,9-10H,1H3. The Labute approximate surface area is 79.9 Å². The fourth-order valence-corrected chi connectivity index (χ4v) is 2.14. The molecule has 1 aromatic carbocycles. The van der Waals surface area contributed by atoms with E-state index in [9.17, 15) is 0 Å². The molecule has 2 N–H and O–H groups in total. The predicted octanol–water partition coefficient (Wildman–Crippen LogP) is 0.736. The molecule has 0 atom stereocenters. The molecule has 0 unspecified atom stereocenters. The monoisotopic (exact) mass is 200 g/mol. The number of hydrogen-bond donors (Lipinski definition) is 2. The average molecular weight is 200 g/mol. The highest BCUT2D eigenvalue weighted by Crippen LogP contribution is 2.27. The van der Waals surface area contributed by atoms with Crippen LogP contribution in [-0.2, 0) is 0 Å². The van der Waals surface area contributed by atoms with Crippen LogP contribution in [-0.4, -0.2) is 23.4 Å². The van der Waals surface area contributed by atoms with E-state index in [-0.39, 0.29) is 0 Å². The van der Waals surface area contributed by atoms with Gasteiger partial charge in [-0.25, -0.2) is 0 Å². The fraction of sp³-hybridized carbons (Fsp3) is 0.143. The Hall–Kier alpha value is -0.0951. The largest absolute Gasteiger partial charge is 0.488 e. The Morgan fingerprint density at radius 2 is 1.75 bits per heavy atom. The van der Waals surface area contributed by atoms with Crippen molar-refractivity contribution in [3.8, 4) is 0 Å². The first-order chi connectivity index (χ1) is 5.74. The zero-order chi connectivity index (χ0) is 8.97. The van der Waals surface area contributed by atoms with E-state index in [2.05, 4.69) is 0 Å². The summed E-state index contributed by atoms with van der Waals surface area (Å²) in [5.41, 5.74) is 0.528. The van der Waals surface area contributed by atoms with E-state index in [1.54, 1.807) is 33.7 Å². The van der Waals surface area contributed by atoms with Crippen LogP contribution < -0.4 is 5.46 Å². The molecular formula is C7H9BO2S2. The summed E-state index contributed by atoms with van der Waals surface area (Å²) in [6.45, 7) is 0. The Morgan fingerprint density at radius 3 is 2.17 bits per heavy atom. The summed E-state index contributed by atoms with van der Waals surface area (Å²) in [5.74, 6) is 0. The Morgan fingerprint density at radius 1 is 1.17 bits per heavy atom. The Balaban J connectivity index is 2.71. The van der Waals surface area contributed by atoms with Gasteiger partial charge in [0.1, 0.15) is 0 Å². The highest BCUT2D eigenvalue weighted by Gasteiger charge is 2.09. The first-order valence-corrected chi connectivity index (χ1v) is 5.96. The SMILES string of the molecule is CSSc1ccc(B(O)O)cc1. The normalized spacial score (nSPS) is 9.92. The molecule has 0 bridgehead atoms. The summed E-state index contributed by atoms with van der Waals surface area (Å²) in [5, 5.41) is 17.6. The van der Waals surface area contributed by atoms with Crippen molar-refractivity contribution in [3.05, 3.63) is 24.3 Å². The van der Waals surface area contributed by atoms with E-state index in [1.807, 2.05) is 18.4 Å². The first-order valence-electron chi connectivity index (χ1n) is 3.41. The summed E-state index contributed by atoms with van der Waals surface area (Å²) in [4.78, 5) is 1.12. The molecular weight excluding hydrogens is 191 g/mol. The highest BCUT2D eigenvalue weighted by atomic mass is 33.1. The smallest absolute Gasteiger partial charge is 0.423 e. The van der Waals surface area contributed by atoms with Crippen molar-refractivity contribution in [1.82, 2.24) is 0 Å². The van der Waals surface area contributed by atoms with Crippen molar-refractivity contribution >= 4 is 34.2 Å². The van der Waals surface area contributed by atoms with Crippen molar-refractivity contribution in [1.29, 1.82) is 0 Å². The molecule has 0 aliphatic rings. The molecule has 0 fully saturated rings. The van der Waals surface area contributed by atoms with Crippen LogP contribution in [0.3, 0.4) is 0 Å². The fourth-order valence-electron chi connectivity index (χ4n) is 0.792. The minimum absolute atomic E-state index is 0.528. The molecule has 0 aliphatic heterocycles. The van der Waals surface area contributed by atoms with Crippen molar-refractivity contribution in [2.45, 2.75) is 4.90 Å². The minimum Gasteiger partial charge on any atom is -0.423 e. The first kappa shape index (κ1) is 9.99. The molecule has 12 heavy (non-hydrogen) atoms. The second kappa shape index (κ2) is 4.82. The van der Waals surface area contributed by atoms with Gasteiger partial charge >= 0.3 is 7.12 Å². The minimum atomic E-state index is -1.36. The van der Waals surface area contributed by atoms with Crippen LogP contribution >= 0.6 is 21.6 Å². The lowest BCUT2D eigenvalue weighted by atomic mass is 9.81. The van der Waals surface area contributed by atoms with Gasteiger partial charge in [0.2, 0.25) is 0 Å². The molecule has 0 heterocycles. The highest BCUT2D eigenvalue weighted by molar-refractivity contribution is 8.76. The van der Waals surface area contributed by atoms with Crippen molar-refractivity contribution in [2.24, 2.45) is 0 Å². The van der Waals surface area contributed by atoms with E-state index in [1.165, 1.54) is 0 Å². The molecule has 64 valence electrons. The molecule has 1 rings (SSSR count). The molecule has 0 spiro atoms. The number of hydrogen-bond acceptors (Lipinski definition) is 4. The maximum Gasteiger partial charge on any atom is 0.488 e. The third-order valence-corrected chi connectivity index (χ3v) is 3.07. The topological polar surface area (TPSA) is 40.5 Å². The van der Waals surface area contributed by atoms with Gasteiger partial charge in [0.15, 0.2) is 0 Å². The summed E-state index contributed by atoms with van der Waals surface area (Å²) >= 11 is 0. The van der Waals surface area contributed by atoms with Gasteiger partial charge in [-0.1, -0.05) is 33.7 Å². The van der Waals surface area contributed by atoms with E-state index in [0.29, 0.717) is 5.46 Å². The third kappa shape index (κ3) is 2.75. The van der Waals surface area contributed by atoms with Crippen molar-refractivity contribution < 1.29 is 10.0 Å². The van der Waals surface area contributed by atoms with Crippen LogP contribution in [0.25, 0.3) is 0 Å². The van der Waals surface area contributed by atoms with Gasteiger partial charge in [-0.05, 0) is 23.9 Å². The summed E-state index contributed by atoms with van der Waals surface area (Å²) < 4.78 is 0. The van der Waals surface area contributed by atoms with Gasteiger partial charge in [0.05, 0.1) is 0 Å². The second-order valence-corrected chi connectivity index (χ2v) is 4.66. The summed E-state index contributed by atoms with van der Waals surface area (Å²) in [6, 6.07) is 7.16. The maximum atomic E-state index is 8.79. The van der Waals surface area contributed by atoms with E-state index in [0.717, 1.165) is 4.90 Å². The van der Waals surface area contributed by atoms with Crippen molar-refractivity contribution in [2.75, 3.05) is 6.26 Å². The van der Waals surface area contributed by atoms with E-state index >= 15 is 0 Å². The average Bonchev–Trinajstić information content (AvgIpc) is 2.06. The zero-order valence-corrected chi connectivity index (χ0v) is 8.23. The number of rotatable bonds is 3. The van der Waals surface area contributed by atoms with Crippen LogP contribution in [0.2, 0.25) is 0 Å². The van der Waals surface area contributed by atoms with Crippen LogP contribution in [0, 0.1) is 0 Å². The number of benzene rings is 1. The van der Waals surface area contributed by atoms with Gasteiger partial charge in [-0.15, -0.1) is 0 Å². The molecule has 5 heteroatoms. The molecule has 1 aromatic rings. The van der Waals surface area contributed by atoms with Crippen LogP contribution in [0.4, 0.5) is 0 Å². The van der Waals surface area contributed by atoms with Gasteiger partial charge in [-0.2, -0.15) is 0 Å². The molecule has 0 radical (unpaired) electrons. The quantitative estimate of drug-likeness (QED) is 0.557. The van der Waals surface area contributed by atoms with Crippen LogP contribution in [0.15, 0.2) is 29.2 Å². The Kier molecular flexibility index (Phi) is 4.01. The lowest BCUT2D eigenvalue weighted by Gasteiger charge is -2.00. The molecule has 0 aromatic heterocycles. The van der Waals surface area contributed by atoms with Gasteiger partial charge < -0.3 is 10.0 Å². The lowest BCUT2D eigenvalue weighted by molar-refractivity contribution is 0.426. The lowest BCUT2D eigenvalue weighted by Crippen LogP contribution is -2.29. The Bertz CT molecular complexity index is 238. The van der Waals surface area contributed by atoms with Crippen molar-refractivity contribution in [3.63, 3.8) is 0 Å². The molecule has 0 saturated carbocycles. The molecule has 0 saturated heterocycles. The third-order valence-electron chi connectivity index (χ3n) is 1.36. The van der Waals surface area contributed by atoms with Gasteiger partial charge in [-0.3, -0.25) is 0 Å². The van der Waals surface area contributed by atoms with Gasteiger partial charge in [0, 0.05) is 4.90 Å². The van der Waals surface area contributed by atoms with E-state index < -0.39 is 7.12 Å². The maximum absolute atomic E-state index is 8.79. The van der Waals surface area contributed by atoms with E-state index in [4.69, 9.17) is 10.0 Å². The zero-order valence-electron chi connectivity index (χ0n) is 6.60. The van der Waals surface area contributed by atoms with Crippen LogP contribution in [0.1, 0.15) is 0 Å². The summed E-state index contributed by atoms with van der Waals surface area (Å²) in [7, 11) is 1.95. The molecule has 0 amide bonds. The summed E-state index contributed by atoms with van der Waals surface area (Å²) in [6.07, 6.45) is 2.00. The molecule has 2 nitrogen and oxygen atoms in total. The second-order valence-electron chi connectivity index (χ2n) is 2.19.